The average molecular weight is 211 g/mol. The molecule has 0 saturated carbocycles. The van der Waals surface area contributed by atoms with E-state index in [4.69, 9.17) is 0 Å². The summed E-state index contributed by atoms with van der Waals surface area (Å²) < 4.78 is 0. The number of unbranched alkanes of at least 4 members (excludes halogenated alkanes) is 5. The fraction of sp³-hybridized carbons (Fsp3) is 1.00. The molecule has 0 spiro atoms. The minimum atomic E-state index is 0.657. The lowest BCUT2D eigenvalue weighted by Gasteiger charge is -2.46. The van der Waals surface area contributed by atoms with Crippen molar-refractivity contribution in [3.05, 3.63) is 0 Å². The van der Waals surface area contributed by atoms with Gasteiger partial charge in [0, 0.05) is 13.1 Å². The highest BCUT2D eigenvalue weighted by molar-refractivity contribution is 4.94. The van der Waals surface area contributed by atoms with Crippen molar-refractivity contribution in [2.24, 2.45) is 11.3 Å². The number of hydrogen-bond acceptors (Lipinski definition) is 1. The molecule has 0 atom stereocenters. The van der Waals surface area contributed by atoms with Gasteiger partial charge >= 0.3 is 0 Å². The summed E-state index contributed by atoms with van der Waals surface area (Å²) in [7, 11) is 0. The van der Waals surface area contributed by atoms with Crippen LogP contribution in [0.4, 0.5) is 0 Å². The number of rotatable bonds is 8. The van der Waals surface area contributed by atoms with Gasteiger partial charge in [-0.05, 0) is 17.8 Å². The Morgan fingerprint density at radius 2 is 1.60 bits per heavy atom. The van der Waals surface area contributed by atoms with Crippen LogP contribution in [0.25, 0.3) is 0 Å². The Hall–Kier alpha value is -0.0400. The van der Waals surface area contributed by atoms with E-state index in [-0.39, 0.29) is 0 Å². The summed E-state index contributed by atoms with van der Waals surface area (Å²) in [6, 6.07) is 0. The topological polar surface area (TPSA) is 12.0 Å². The Kier molecular flexibility index (Phi) is 5.66. The van der Waals surface area contributed by atoms with Gasteiger partial charge in [-0.15, -0.1) is 0 Å². The molecule has 1 saturated heterocycles. The molecule has 15 heavy (non-hydrogen) atoms. The zero-order chi connectivity index (χ0) is 11.1. The Morgan fingerprint density at radius 1 is 1.00 bits per heavy atom. The van der Waals surface area contributed by atoms with Gasteiger partial charge in [-0.2, -0.15) is 0 Å². The third-order valence-corrected chi connectivity index (χ3v) is 4.21. The number of nitrogens with one attached hydrogen (secondary N) is 1. The predicted molar refractivity (Wildman–Crippen MR) is 68.1 cm³/mol. The molecule has 0 unspecified atom stereocenters. The summed E-state index contributed by atoms with van der Waals surface area (Å²) in [5.74, 6) is 0.856. The molecule has 0 aromatic carbocycles. The summed E-state index contributed by atoms with van der Waals surface area (Å²) >= 11 is 0. The summed E-state index contributed by atoms with van der Waals surface area (Å²) in [4.78, 5) is 0. The van der Waals surface area contributed by atoms with Crippen LogP contribution in [0.5, 0.6) is 0 Å². The molecule has 1 rings (SSSR count). The molecule has 1 N–H and O–H groups in total. The molecule has 0 amide bonds. The standard InChI is InChI=1S/C14H29N/c1-4-5-6-7-8-9-10-14(13(2)3)11-15-12-14/h13,15H,4-12H2,1-3H3. The minimum Gasteiger partial charge on any atom is -0.316 e. The molecule has 0 bridgehead atoms. The van der Waals surface area contributed by atoms with E-state index in [0.29, 0.717) is 5.41 Å². The van der Waals surface area contributed by atoms with Gasteiger partial charge in [0.05, 0.1) is 0 Å². The van der Waals surface area contributed by atoms with Crippen molar-refractivity contribution in [3.8, 4) is 0 Å². The van der Waals surface area contributed by atoms with E-state index in [1.807, 2.05) is 0 Å². The molecule has 0 aromatic heterocycles. The van der Waals surface area contributed by atoms with Gasteiger partial charge in [-0.1, -0.05) is 59.3 Å². The van der Waals surface area contributed by atoms with Crippen molar-refractivity contribution in [2.75, 3.05) is 13.1 Å². The van der Waals surface area contributed by atoms with Gasteiger partial charge in [0.1, 0.15) is 0 Å². The summed E-state index contributed by atoms with van der Waals surface area (Å²) in [5, 5.41) is 3.44. The van der Waals surface area contributed by atoms with Crippen molar-refractivity contribution >= 4 is 0 Å². The quantitative estimate of drug-likeness (QED) is 0.599. The fourth-order valence-corrected chi connectivity index (χ4v) is 2.58. The lowest BCUT2D eigenvalue weighted by molar-refractivity contribution is 0.0835. The zero-order valence-corrected chi connectivity index (χ0v) is 10.9. The monoisotopic (exact) mass is 211 g/mol. The van der Waals surface area contributed by atoms with Crippen LogP contribution in [0.1, 0.15) is 65.7 Å². The Morgan fingerprint density at radius 3 is 2.07 bits per heavy atom. The van der Waals surface area contributed by atoms with Crippen molar-refractivity contribution in [1.29, 1.82) is 0 Å². The third kappa shape index (κ3) is 3.79. The fourth-order valence-electron chi connectivity index (χ4n) is 2.58. The van der Waals surface area contributed by atoms with E-state index >= 15 is 0 Å². The normalized spacial score (nSPS) is 19.2. The molecule has 1 aliphatic heterocycles. The van der Waals surface area contributed by atoms with Crippen LogP contribution in [0.15, 0.2) is 0 Å². The van der Waals surface area contributed by atoms with Crippen molar-refractivity contribution in [1.82, 2.24) is 5.32 Å². The molecule has 0 aliphatic carbocycles. The van der Waals surface area contributed by atoms with Gasteiger partial charge in [0.2, 0.25) is 0 Å². The summed E-state index contributed by atoms with van der Waals surface area (Å²) in [6.45, 7) is 9.59. The maximum Gasteiger partial charge on any atom is 0.00227 e. The highest BCUT2D eigenvalue weighted by Gasteiger charge is 2.38. The Bertz CT molecular complexity index is 159. The smallest absolute Gasteiger partial charge is 0.00227 e. The van der Waals surface area contributed by atoms with E-state index in [9.17, 15) is 0 Å². The second kappa shape index (κ2) is 6.52. The molecule has 1 heterocycles. The van der Waals surface area contributed by atoms with Crippen molar-refractivity contribution in [3.63, 3.8) is 0 Å². The molecule has 0 aromatic rings. The van der Waals surface area contributed by atoms with Gasteiger partial charge in [-0.25, -0.2) is 0 Å². The van der Waals surface area contributed by atoms with E-state index in [1.165, 1.54) is 58.0 Å². The lowest BCUT2D eigenvalue weighted by atomic mass is 9.69. The van der Waals surface area contributed by atoms with Crippen LogP contribution in [-0.4, -0.2) is 13.1 Å². The highest BCUT2D eigenvalue weighted by Crippen LogP contribution is 2.37. The summed E-state index contributed by atoms with van der Waals surface area (Å²) in [5.41, 5.74) is 0.657. The van der Waals surface area contributed by atoms with Crippen LogP contribution in [-0.2, 0) is 0 Å². The van der Waals surface area contributed by atoms with Crippen LogP contribution in [0.2, 0.25) is 0 Å². The molecule has 0 radical (unpaired) electrons. The van der Waals surface area contributed by atoms with Crippen molar-refractivity contribution in [2.45, 2.75) is 65.7 Å². The summed E-state index contributed by atoms with van der Waals surface area (Å²) in [6.07, 6.45) is 10.0. The molecule has 1 aliphatic rings. The largest absolute Gasteiger partial charge is 0.316 e. The molecule has 1 fully saturated rings. The van der Waals surface area contributed by atoms with E-state index in [1.54, 1.807) is 0 Å². The second-order valence-electron chi connectivity index (χ2n) is 5.64. The minimum absolute atomic E-state index is 0.657. The van der Waals surface area contributed by atoms with Crippen LogP contribution < -0.4 is 5.32 Å². The molecular weight excluding hydrogens is 182 g/mol. The molecule has 90 valence electrons. The lowest BCUT2D eigenvalue weighted by Crippen LogP contribution is -2.56. The third-order valence-electron chi connectivity index (χ3n) is 4.21. The first kappa shape index (κ1) is 13.0. The zero-order valence-electron chi connectivity index (χ0n) is 10.9. The van der Waals surface area contributed by atoms with Crippen LogP contribution >= 0.6 is 0 Å². The first-order valence-electron chi connectivity index (χ1n) is 6.92. The van der Waals surface area contributed by atoms with Gasteiger partial charge in [-0.3, -0.25) is 0 Å². The van der Waals surface area contributed by atoms with Gasteiger partial charge in [0.15, 0.2) is 0 Å². The van der Waals surface area contributed by atoms with E-state index in [0.717, 1.165) is 5.92 Å². The number of hydrogen-bond donors (Lipinski definition) is 1. The SMILES string of the molecule is CCCCCCCCC1(C(C)C)CNC1. The molecular formula is C14H29N. The van der Waals surface area contributed by atoms with Gasteiger partial charge < -0.3 is 5.32 Å². The molecule has 1 nitrogen and oxygen atoms in total. The second-order valence-corrected chi connectivity index (χ2v) is 5.64. The maximum atomic E-state index is 3.44. The first-order chi connectivity index (χ1) is 7.21. The average Bonchev–Trinajstić information content (AvgIpc) is 2.13. The highest BCUT2D eigenvalue weighted by atomic mass is 15.0. The van der Waals surface area contributed by atoms with Gasteiger partial charge in [0.25, 0.3) is 0 Å². The first-order valence-corrected chi connectivity index (χ1v) is 6.92. The van der Waals surface area contributed by atoms with Crippen molar-refractivity contribution < 1.29 is 0 Å². The predicted octanol–water partition coefficient (Wildman–Crippen LogP) is 3.98. The Balaban J connectivity index is 2.03. The van der Waals surface area contributed by atoms with Crippen LogP contribution in [0.3, 0.4) is 0 Å². The maximum absolute atomic E-state index is 3.44. The Labute approximate surface area is 96.0 Å². The molecule has 1 heteroatoms. The van der Waals surface area contributed by atoms with E-state index < -0.39 is 0 Å². The van der Waals surface area contributed by atoms with Crippen LogP contribution in [0, 0.1) is 11.3 Å². The van der Waals surface area contributed by atoms with E-state index in [2.05, 4.69) is 26.1 Å².